The van der Waals surface area contributed by atoms with Gasteiger partial charge in [-0.3, -0.25) is 4.79 Å². The molecule has 2 N–H and O–H groups in total. The van der Waals surface area contributed by atoms with E-state index < -0.39 is 0 Å². The molecule has 21 heavy (non-hydrogen) atoms. The molecule has 0 unspecified atom stereocenters. The topological polar surface area (TPSA) is 57.8 Å². The van der Waals surface area contributed by atoms with Gasteiger partial charge in [0.25, 0.3) is 5.56 Å². The van der Waals surface area contributed by atoms with Gasteiger partial charge in [-0.1, -0.05) is 11.6 Å². The third-order valence-electron chi connectivity index (χ3n) is 3.02. The maximum Gasteiger partial charge on any atom is 0.258 e. The number of nitrogens with zero attached hydrogens (tertiary/aromatic N) is 1. The highest BCUT2D eigenvalue weighted by Gasteiger charge is 2.04. The van der Waals surface area contributed by atoms with Crippen LogP contribution in [0.15, 0.2) is 47.3 Å². The smallest absolute Gasteiger partial charge is 0.258 e. The van der Waals surface area contributed by atoms with Gasteiger partial charge in [0.2, 0.25) is 0 Å². The van der Waals surface area contributed by atoms with Gasteiger partial charge in [-0.05, 0) is 42.5 Å². The summed E-state index contributed by atoms with van der Waals surface area (Å²) in [5.41, 5.74) is 1.07. The molecule has 0 saturated heterocycles. The summed E-state index contributed by atoms with van der Waals surface area (Å²) in [6.45, 7) is 0.323. The van der Waals surface area contributed by atoms with Crippen LogP contribution in [0.1, 0.15) is 5.82 Å². The summed E-state index contributed by atoms with van der Waals surface area (Å²) in [5, 5.41) is 4.08. The van der Waals surface area contributed by atoms with Crippen LogP contribution in [-0.2, 0) is 6.54 Å². The molecule has 4 nitrogen and oxygen atoms in total. The highest BCUT2D eigenvalue weighted by Crippen LogP contribution is 2.15. The summed E-state index contributed by atoms with van der Waals surface area (Å²) in [4.78, 5) is 19.0. The fourth-order valence-corrected chi connectivity index (χ4v) is 2.16. The number of aromatic nitrogens is 2. The molecule has 0 amide bonds. The summed E-state index contributed by atoms with van der Waals surface area (Å²) < 4.78 is 12.8. The maximum absolute atomic E-state index is 12.8. The Morgan fingerprint density at radius 2 is 1.95 bits per heavy atom. The molecule has 106 valence electrons. The van der Waals surface area contributed by atoms with Crippen LogP contribution in [0.25, 0.3) is 10.9 Å². The second kappa shape index (κ2) is 5.54. The molecular weight excluding hydrogens is 293 g/mol. The fraction of sp³-hybridized carbons (Fsp3) is 0.0667. The second-order valence-corrected chi connectivity index (χ2v) is 4.97. The number of hydrogen-bond donors (Lipinski definition) is 2. The van der Waals surface area contributed by atoms with E-state index in [4.69, 9.17) is 11.6 Å². The molecule has 0 spiro atoms. The van der Waals surface area contributed by atoms with Crippen molar-refractivity contribution in [2.75, 3.05) is 5.32 Å². The molecule has 0 saturated carbocycles. The molecule has 2 aromatic carbocycles. The number of halogens is 2. The van der Waals surface area contributed by atoms with Crippen LogP contribution in [-0.4, -0.2) is 9.97 Å². The molecular formula is C15H11ClFN3O. The molecule has 3 aromatic rings. The predicted octanol–water partition coefficient (Wildman–Crippen LogP) is 3.33. The van der Waals surface area contributed by atoms with Crippen LogP contribution in [0.2, 0.25) is 5.02 Å². The lowest BCUT2D eigenvalue weighted by Crippen LogP contribution is -2.14. The standard InChI is InChI=1S/C15H11ClFN3O/c16-9-1-6-12-13(7-9)19-14(20-15(12)21)8-18-11-4-2-10(17)3-5-11/h1-7,18H,8H2,(H,19,20,21). The summed E-state index contributed by atoms with van der Waals surface area (Å²) in [6.07, 6.45) is 0. The molecule has 0 bridgehead atoms. The molecule has 6 heteroatoms. The lowest BCUT2D eigenvalue weighted by atomic mass is 10.2. The average molecular weight is 304 g/mol. The number of rotatable bonds is 3. The first-order valence-corrected chi connectivity index (χ1v) is 6.67. The molecule has 0 radical (unpaired) electrons. The van der Waals surface area contributed by atoms with Gasteiger partial charge in [0.05, 0.1) is 17.4 Å². The van der Waals surface area contributed by atoms with E-state index in [-0.39, 0.29) is 11.4 Å². The average Bonchev–Trinajstić information content (AvgIpc) is 2.46. The molecule has 3 rings (SSSR count). The van der Waals surface area contributed by atoms with Gasteiger partial charge in [0.15, 0.2) is 0 Å². The van der Waals surface area contributed by atoms with E-state index in [0.717, 1.165) is 5.69 Å². The molecule has 0 aliphatic rings. The zero-order valence-electron chi connectivity index (χ0n) is 10.9. The summed E-state index contributed by atoms with van der Waals surface area (Å²) in [6, 6.07) is 10.9. The van der Waals surface area contributed by atoms with Crippen LogP contribution in [0.4, 0.5) is 10.1 Å². The Morgan fingerprint density at radius 1 is 1.19 bits per heavy atom. The molecule has 0 aliphatic carbocycles. The SMILES string of the molecule is O=c1[nH]c(CNc2ccc(F)cc2)nc2cc(Cl)ccc12. The number of nitrogens with one attached hydrogen (secondary N) is 2. The van der Waals surface area contributed by atoms with Crippen molar-refractivity contribution in [3.8, 4) is 0 Å². The monoisotopic (exact) mass is 303 g/mol. The highest BCUT2D eigenvalue weighted by molar-refractivity contribution is 6.31. The Hall–Kier alpha value is -2.40. The van der Waals surface area contributed by atoms with E-state index in [0.29, 0.717) is 28.3 Å². The van der Waals surface area contributed by atoms with Gasteiger partial charge in [-0.25, -0.2) is 9.37 Å². The van der Waals surface area contributed by atoms with Gasteiger partial charge in [0.1, 0.15) is 11.6 Å². The van der Waals surface area contributed by atoms with Crippen molar-refractivity contribution in [3.05, 3.63) is 69.5 Å². The van der Waals surface area contributed by atoms with Crippen LogP contribution in [0.5, 0.6) is 0 Å². The lowest BCUT2D eigenvalue weighted by molar-refractivity contribution is 0.628. The first-order valence-electron chi connectivity index (χ1n) is 6.30. The zero-order valence-corrected chi connectivity index (χ0v) is 11.6. The van der Waals surface area contributed by atoms with Crippen molar-refractivity contribution in [1.29, 1.82) is 0 Å². The van der Waals surface area contributed by atoms with E-state index in [1.165, 1.54) is 12.1 Å². The minimum absolute atomic E-state index is 0.215. The Bertz CT molecular complexity index is 846. The molecule has 0 fully saturated rings. The minimum atomic E-state index is -0.299. The summed E-state index contributed by atoms with van der Waals surface area (Å²) >= 11 is 5.91. The Labute approximate surface area is 124 Å². The molecule has 0 aliphatic heterocycles. The fourth-order valence-electron chi connectivity index (χ4n) is 2.00. The van der Waals surface area contributed by atoms with E-state index in [1.54, 1.807) is 30.3 Å². The van der Waals surface area contributed by atoms with Crippen molar-refractivity contribution in [3.63, 3.8) is 0 Å². The maximum atomic E-state index is 12.8. The van der Waals surface area contributed by atoms with Gasteiger partial charge >= 0.3 is 0 Å². The number of benzene rings is 2. The van der Waals surface area contributed by atoms with Crippen molar-refractivity contribution in [1.82, 2.24) is 9.97 Å². The zero-order chi connectivity index (χ0) is 14.8. The molecule has 0 atom stereocenters. The summed E-state index contributed by atoms with van der Waals surface area (Å²) in [5.74, 6) is 0.187. The van der Waals surface area contributed by atoms with Crippen LogP contribution in [0, 0.1) is 5.82 Å². The Kier molecular flexibility index (Phi) is 3.58. The minimum Gasteiger partial charge on any atom is -0.378 e. The van der Waals surface area contributed by atoms with Crippen molar-refractivity contribution < 1.29 is 4.39 Å². The number of fused-ring (bicyclic) bond motifs is 1. The van der Waals surface area contributed by atoms with Gasteiger partial charge < -0.3 is 10.3 Å². The van der Waals surface area contributed by atoms with Crippen molar-refractivity contribution in [2.45, 2.75) is 6.54 Å². The number of hydrogen-bond acceptors (Lipinski definition) is 3. The van der Waals surface area contributed by atoms with Gasteiger partial charge in [-0.15, -0.1) is 0 Å². The van der Waals surface area contributed by atoms with E-state index >= 15 is 0 Å². The van der Waals surface area contributed by atoms with E-state index in [9.17, 15) is 9.18 Å². The van der Waals surface area contributed by atoms with Gasteiger partial charge in [0, 0.05) is 10.7 Å². The van der Waals surface area contributed by atoms with E-state index in [1.807, 2.05) is 0 Å². The van der Waals surface area contributed by atoms with E-state index in [2.05, 4.69) is 15.3 Å². The third-order valence-corrected chi connectivity index (χ3v) is 3.26. The Balaban J connectivity index is 1.87. The van der Waals surface area contributed by atoms with Crippen molar-refractivity contribution in [2.24, 2.45) is 0 Å². The molecule has 1 aromatic heterocycles. The largest absolute Gasteiger partial charge is 0.378 e. The summed E-state index contributed by atoms with van der Waals surface area (Å²) in [7, 11) is 0. The molecule has 1 heterocycles. The lowest BCUT2D eigenvalue weighted by Gasteiger charge is -2.07. The van der Waals surface area contributed by atoms with Gasteiger partial charge in [-0.2, -0.15) is 0 Å². The van der Waals surface area contributed by atoms with Crippen LogP contribution >= 0.6 is 11.6 Å². The van der Waals surface area contributed by atoms with Crippen molar-refractivity contribution >= 4 is 28.2 Å². The number of H-pyrrole nitrogens is 1. The normalized spacial score (nSPS) is 10.8. The number of anilines is 1. The third kappa shape index (κ3) is 3.03. The highest BCUT2D eigenvalue weighted by atomic mass is 35.5. The predicted molar refractivity (Wildman–Crippen MR) is 81.1 cm³/mol. The number of aromatic amines is 1. The van der Waals surface area contributed by atoms with Crippen LogP contribution < -0.4 is 10.9 Å². The second-order valence-electron chi connectivity index (χ2n) is 4.53. The first kappa shape index (κ1) is 13.6. The quantitative estimate of drug-likeness (QED) is 0.780. The Morgan fingerprint density at radius 3 is 2.71 bits per heavy atom. The first-order chi connectivity index (χ1) is 10.1. The van der Waals surface area contributed by atoms with Crippen LogP contribution in [0.3, 0.4) is 0 Å².